The highest BCUT2D eigenvalue weighted by Gasteiger charge is 2.33. The number of amides is 2. The van der Waals surface area contributed by atoms with Crippen molar-refractivity contribution in [3.8, 4) is 17.2 Å². The lowest BCUT2D eigenvalue weighted by atomic mass is 9.98. The number of rotatable bonds is 6. The third kappa shape index (κ3) is 4.24. The van der Waals surface area contributed by atoms with Crippen LogP contribution in [0.4, 0.5) is 5.69 Å². The molecule has 5 rings (SSSR count). The number of carbonyl (C=O) groups excluding carboxylic acids is 2. The first-order valence-electron chi connectivity index (χ1n) is 11.6. The molecule has 1 aromatic heterocycles. The number of carbonyl (C=O) groups is 2. The predicted molar refractivity (Wildman–Crippen MR) is 141 cm³/mol. The zero-order chi connectivity index (χ0) is 26.1. The number of hydrogen-bond acceptors (Lipinski definition) is 6. The van der Waals surface area contributed by atoms with Crippen LogP contribution in [0.2, 0.25) is 0 Å². The molecule has 0 aliphatic carbocycles. The van der Waals surface area contributed by atoms with Gasteiger partial charge in [0.05, 0.1) is 38.3 Å². The normalized spacial score (nSPS) is 15.0. The summed E-state index contributed by atoms with van der Waals surface area (Å²) in [6.45, 7) is 0. The number of anilines is 1. The Morgan fingerprint density at radius 1 is 0.946 bits per heavy atom. The Morgan fingerprint density at radius 2 is 1.62 bits per heavy atom. The van der Waals surface area contributed by atoms with Crippen LogP contribution in [-0.4, -0.2) is 57.1 Å². The third-order valence-electron chi connectivity index (χ3n) is 6.34. The number of benzodiazepines with no additional fused rings is 1. The molecule has 1 unspecified atom stereocenters. The molecule has 0 fully saturated rings. The van der Waals surface area contributed by atoms with Gasteiger partial charge in [0.15, 0.2) is 0 Å². The van der Waals surface area contributed by atoms with Crippen molar-refractivity contribution in [3.63, 3.8) is 0 Å². The second-order valence-corrected chi connectivity index (χ2v) is 8.45. The van der Waals surface area contributed by atoms with Gasteiger partial charge in [0.1, 0.15) is 22.9 Å². The summed E-state index contributed by atoms with van der Waals surface area (Å²) in [5.41, 5.74) is 3.44. The van der Waals surface area contributed by atoms with Crippen LogP contribution in [0.5, 0.6) is 17.2 Å². The second kappa shape index (κ2) is 9.69. The molecular weight excluding hydrogens is 472 g/mol. The van der Waals surface area contributed by atoms with E-state index in [4.69, 9.17) is 19.2 Å². The number of fused-ring (bicyclic) bond motifs is 2. The Morgan fingerprint density at radius 3 is 2.30 bits per heavy atom. The summed E-state index contributed by atoms with van der Waals surface area (Å²) in [7, 11) is 6.28. The number of ether oxygens (including phenoxy) is 3. The molecule has 188 valence electrons. The van der Waals surface area contributed by atoms with Crippen molar-refractivity contribution in [3.05, 3.63) is 83.6 Å². The summed E-state index contributed by atoms with van der Waals surface area (Å²) in [4.78, 5) is 36.2. The van der Waals surface area contributed by atoms with Crippen LogP contribution < -0.4 is 24.4 Å². The lowest BCUT2D eigenvalue weighted by Crippen LogP contribution is -2.46. The number of H-pyrrole nitrogens is 1. The predicted octanol–water partition coefficient (Wildman–Crippen LogP) is 3.76. The van der Waals surface area contributed by atoms with Gasteiger partial charge in [-0.15, -0.1) is 0 Å². The van der Waals surface area contributed by atoms with Gasteiger partial charge in [-0.3, -0.25) is 9.59 Å². The van der Waals surface area contributed by atoms with Gasteiger partial charge in [0.25, 0.3) is 11.8 Å². The first kappa shape index (κ1) is 23.9. The van der Waals surface area contributed by atoms with Gasteiger partial charge in [-0.1, -0.05) is 36.4 Å². The monoisotopic (exact) mass is 498 g/mol. The molecular formula is C28H26N4O5. The average Bonchev–Trinajstić information content (AvgIpc) is 3.34. The average molecular weight is 499 g/mol. The molecule has 37 heavy (non-hydrogen) atoms. The van der Waals surface area contributed by atoms with Crippen molar-refractivity contribution in [2.45, 2.75) is 6.17 Å². The molecule has 2 N–H and O–H groups in total. The minimum absolute atomic E-state index is 0.328. The van der Waals surface area contributed by atoms with E-state index >= 15 is 0 Å². The Labute approximate surface area is 213 Å². The van der Waals surface area contributed by atoms with E-state index in [0.29, 0.717) is 45.5 Å². The summed E-state index contributed by atoms with van der Waals surface area (Å²) in [6, 6.07) is 20.1. The van der Waals surface area contributed by atoms with Gasteiger partial charge >= 0.3 is 0 Å². The van der Waals surface area contributed by atoms with Gasteiger partial charge in [-0.2, -0.15) is 0 Å². The molecule has 0 bridgehead atoms. The second-order valence-electron chi connectivity index (χ2n) is 8.45. The summed E-state index contributed by atoms with van der Waals surface area (Å²) in [5.74, 6) is 0.589. The number of methoxy groups -OCH3 is 3. The molecule has 1 aliphatic rings. The molecule has 0 saturated heterocycles. The Hall–Kier alpha value is -4.79. The van der Waals surface area contributed by atoms with Gasteiger partial charge < -0.3 is 29.4 Å². The highest BCUT2D eigenvalue weighted by molar-refractivity contribution is 6.22. The lowest BCUT2D eigenvalue weighted by Gasteiger charge is -2.20. The molecule has 3 aromatic carbocycles. The van der Waals surface area contributed by atoms with Crippen molar-refractivity contribution >= 4 is 34.1 Å². The Kier molecular flexibility index (Phi) is 6.27. The zero-order valence-corrected chi connectivity index (χ0v) is 20.9. The standard InChI is InChI=1S/C28H26N4O5/c1-32-21-12-8-6-10-18(21)25(24-22(36-3)14-17(35-2)15-23(24)37-4)30-26(28(32)34)31-27(33)20-13-16-9-5-7-11-19(16)29-20/h5-15,26,29H,1-4H3,(H,31,33). The summed E-state index contributed by atoms with van der Waals surface area (Å²) >= 11 is 0. The first-order chi connectivity index (χ1) is 17.9. The lowest BCUT2D eigenvalue weighted by molar-refractivity contribution is -0.119. The van der Waals surface area contributed by atoms with E-state index in [9.17, 15) is 9.59 Å². The van der Waals surface area contributed by atoms with Gasteiger partial charge in [0.2, 0.25) is 6.17 Å². The summed E-state index contributed by atoms with van der Waals surface area (Å²) in [5, 5.41) is 3.68. The number of aliphatic imine (C=N–C) groups is 1. The zero-order valence-electron chi connectivity index (χ0n) is 20.9. The molecule has 0 spiro atoms. The number of nitrogens with zero attached hydrogens (tertiary/aromatic N) is 2. The van der Waals surface area contributed by atoms with E-state index in [1.807, 2.05) is 48.5 Å². The molecule has 0 radical (unpaired) electrons. The first-order valence-corrected chi connectivity index (χ1v) is 11.6. The van der Waals surface area contributed by atoms with Crippen molar-refractivity contribution in [2.75, 3.05) is 33.3 Å². The fourth-order valence-electron chi connectivity index (χ4n) is 4.45. The Bertz CT molecular complexity index is 1480. The highest BCUT2D eigenvalue weighted by atomic mass is 16.5. The van der Waals surface area contributed by atoms with E-state index in [1.54, 1.807) is 32.4 Å². The van der Waals surface area contributed by atoms with Crippen molar-refractivity contribution in [1.82, 2.24) is 10.3 Å². The molecule has 1 atom stereocenters. The van der Waals surface area contributed by atoms with Crippen LogP contribution in [0, 0.1) is 0 Å². The van der Waals surface area contributed by atoms with E-state index in [1.165, 1.54) is 19.1 Å². The largest absolute Gasteiger partial charge is 0.496 e. The SMILES string of the molecule is COc1cc(OC)c(C2=NC(NC(=O)c3cc4ccccc4[nH]3)C(=O)N(C)c3ccccc32)c(OC)c1. The van der Waals surface area contributed by atoms with Crippen LogP contribution in [0.3, 0.4) is 0 Å². The topological polar surface area (TPSA) is 105 Å². The van der Waals surface area contributed by atoms with Crippen LogP contribution in [0.25, 0.3) is 10.9 Å². The fraction of sp³-hybridized carbons (Fsp3) is 0.179. The molecule has 9 heteroatoms. The summed E-state index contributed by atoms with van der Waals surface area (Å²) < 4.78 is 16.8. The van der Waals surface area contributed by atoms with Gasteiger partial charge in [0, 0.05) is 35.6 Å². The maximum Gasteiger partial charge on any atom is 0.272 e. The molecule has 4 aromatic rings. The number of para-hydroxylation sites is 2. The van der Waals surface area contributed by atoms with Crippen molar-refractivity contribution < 1.29 is 23.8 Å². The number of likely N-dealkylation sites (N-methyl/N-ethyl adjacent to an activating group) is 1. The van der Waals surface area contributed by atoms with E-state index in [2.05, 4.69) is 10.3 Å². The number of benzene rings is 3. The molecule has 9 nitrogen and oxygen atoms in total. The number of hydrogen-bond donors (Lipinski definition) is 2. The van der Waals surface area contributed by atoms with Gasteiger partial charge in [-0.05, 0) is 18.2 Å². The third-order valence-corrected chi connectivity index (χ3v) is 6.34. The smallest absolute Gasteiger partial charge is 0.272 e. The fourth-order valence-corrected chi connectivity index (χ4v) is 4.45. The summed E-state index contributed by atoms with van der Waals surface area (Å²) in [6.07, 6.45) is -1.21. The van der Waals surface area contributed by atoms with E-state index in [-0.39, 0.29) is 0 Å². The number of aromatic amines is 1. The van der Waals surface area contributed by atoms with Crippen molar-refractivity contribution in [2.24, 2.45) is 4.99 Å². The van der Waals surface area contributed by atoms with E-state index < -0.39 is 18.0 Å². The maximum absolute atomic E-state index is 13.5. The molecule has 2 heterocycles. The number of nitrogens with one attached hydrogen (secondary N) is 2. The number of aromatic nitrogens is 1. The van der Waals surface area contributed by atoms with E-state index in [0.717, 1.165) is 10.9 Å². The van der Waals surface area contributed by atoms with Crippen LogP contribution in [0.1, 0.15) is 21.6 Å². The maximum atomic E-state index is 13.5. The van der Waals surface area contributed by atoms with Crippen LogP contribution in [0.15, 0.2) is 71.7 Å². The van der Waals surface area contributed by atoms with Crippen molar-refractivity contribution in [1.29, 1.82) is 0 Å². The van der Waals surface area contributed by atoms with Gasteiger partial charge in [-0.25, -0.2) is 4.99 Å². The molecule has 0 saturated carbocycles. The quantitative estimate of drug-likeness (QED) is 0.421. The highest BCUT2D eigenvalue weighted by Crippen LogP contribution is 2.38. The molecule has 1 aliphatic heterocycles. The van der Waals surface area contributed by atoms with Crippen LogP contribution in [-0.2, 0) is 4.79 Å². The minimum atomic E-state index is -1.21. The Balaban J connectivity index is 1.65. The minimum Gasteiger partial charge on any atom is -0.496 e. The van der Waals surface area contributed by atoms with Crippen LogP contribution >= 0.6 is 0 Å². The molecule has 2 amide bonds.